The molecule has 1 aromatic rings. The fourth-order valence-corrected chi connectivity index (χ4v) is 2.82. The molecule has 4 heteroatoms. The highest BCUT2D eigenvalue weighted by atomic mass is 16.5. The number of hydrogen-bond acceptors (Lipinski definition) is 3. The predicted octanol–water partition coefficient (Wildman–Crippen LogP) is 3.42. The average molecular weight is 327 g/mol. The van der Waals surface area contributed by atoms with E-state index in [-0.39, 0.29) is 18.6 Å². The van der Waals surface area contributed by atoms with Crippen LogP contribution in [0.25, 0.3) is 0 Å². The molecule has 0 fully saturated rings. The van der Waals surface area contributed by atoms with Crippen molar-refractivity contribution in [2.24, 2.45) is 0 Å². The molecule has 0 spiro atoms. The molecule has 0 bridgehead atoms. The number of hydrogen-bond donors (Lipinski definition) is 1. The molecule has 1 aliphatic carbocycles. The summed E-state index contributed by atoms with van der Waals surface area (Å²) in [5, 5.41) is 2.87. The Bertz CT molecular complexity index is 646. The van der Waals surface area contributed by atoms with Gasteiger partial charge in [0.15, 0.2) is 6.61 Å². The molecule has 0 radical (unpaired) electrons. The molecule has 1 aromatic carbocycles. The van der Waals surface area contributed by atoms with Crippen LogP contribution in [-0.2, 0) is 27.2 Å². The van der Waals surface area contributed by atoms with Gasteiger partial charge in [-0.1, -0.05) is 36.4 Å². The van der Waals surface area contributed by atoms with E-state index in [2.05, 4.69) is 23.5 Å². The summed E-state index contributed by atoms with van der Waals surface area (Å²) >= 11 is 0. The first-order valence-corrected chi connectivity index (χ1v) is 8.47. The number of allylic oxidation sites excluding steroid dienone is 3. The van der Waals surface area contributed by atoms with Gasteiger partial charge in [-0.2, -0.15) is 0 Å². The number of aryl methyl sites for hydroxylation is 2. The number of carbonyl (C=O) groups is 2. The molecule has 1 aliphatic rings. The smallest absolute Gasteiger partial charge is 0.331 e. The molecule has 0 saturated carbocycles. The lowest BCUT2D eigenvalue weighted by molar-refractivity contribution is -0.144. The van der Waals surface area contributed by atoms with E-state index < -0.39 is 5.97 Å². The first-order valence-electron chi connectivity index (χ1n) is 8.47. The molecular formula is C20H25NO3. The monoisotopic (exact) mass is 327 g/mol. The summed E-state index contributed by atoms with van der Waals surface area (Å²) in [4.78, 5) is 23.3. The van der Waals surface area contributed by atoms with Gasteiger partial charge in [0.25, 0.3) is 5.91 Å². The normalized spacial score (nSPS) is 15.2. The Morgan fingerprint density at radius 2 is 1.96 bits per heavy atom. The fourth-order valence-electron chi connectivity index (χ4n) is 2.82. The molecule has 24 heavy (non-hydrogen) atoms. The second kappa shape index (κ2) is 9.06. The summed E-state index contributed by atoms with van der Waals surface area (Å²) in [6, 6.07) is 6.31. The van der Waals surface area contributed by atoms with Crippen LogP contribution in [0, 0.1) is 0 Å². The van der Waals surface area contributed by atoms with E-state index in [1.807, 2.05) is 13.8 Å². The summed E-state index contributed by atoms with van der Waals surface area (Å²) < 4.78 is 4.91. The summed E-state index contributed by atoms with van der Waals surface area (Å²) in [7, 11) is 0. The Kier molecular flexibility index (Phi) is 6.79. The Labute approximate surface area is 143 Å². The van der Waals surface area contributed by atoms with Gasteiger partial charge in [-0.25, -0.2) is 4.79 Å². The predicted molar refractivity (Wildman–Crippen MR) is 94.6 cm³/mol. The molecule has 0 saturated heterocycles. The molecule has 4 nitrogen and oxygen atoms in total. The van der Waals surface area contributed by atoms with Gasteiger partial charge < -0.3 is 10.1 Å². The van der Waals surface area contributed by atoms with Crippen LogP contribution in [0.2, 0.25) is 0 Å². The Morgan fingerprint density at radius 3 is 2.71 bits per heavy atom. The molecule has 0 aromatic heterocycles. The molecule has 1 unspecified atom stereocenters. The number of benzene rings is 1. The van der Waals surface area contributed by atoms with Crippen LogP contribution < -0.4 is 5.32 Å². The van der Waals surface area contributed by atoms with Gasteiger partial charge >= 0.3 is 5.97 Å². The lowest BCUT2D eigenvalue weighted by Gasteiger charge is -2.20. The third-order valence-corrected chi connectivity index (χ3v) is 4.13. The summed E-state index contributed by atoms with van der Waals surface area (Å²) in [5.41, 5.74) is 3.90. The van der Waals surface area contributed by atoms with E-state index in [1.54, 1.807) is 18.2 Å². The molecule has 128 valence electrons. The van der Waals surface area contributed by atoms with Crippen LogP contribution >= 0.6 is 0 Å². The maximum absolute atomic E-state index is 11.9. The quantitative estimate of drug-likeness (QED) is 0.495. The zero-order valence-corrected chi connectivity index (χ0v) is 14.4. The fraction of sp³-hybridized carbons (Fsp3) is 0.400. The van der Waals surface area contributed by atoms with Gasteiger partial charge in [-0.15, -0.1) is 0 Å². The topological polar surface area (TPSA) is 55.4 Å². The standard InChI is InChI=1S/C20H25NO3/c1-3-4-5-10-20(23)24-14-19(22)21-15(2)17-12-11-16-8-6-7-9-18(16)13-17/h3-5,10-13,15H,6-9,14H2,1-2H3,(H,21,22)/b4-3+,10-5+. The lowest BCUT2D eigenvalue weighted by Crippen LogP contribution is -2.31. The van der Waals surface area contributed by atoms with Crippen LogP contribution in [0.3, 0.4) is 0 Å². The van der Waals surface area contributed by atoms with E-state index in [9.17, 15) is 9.59 Å². The first-order chi connectivity index (χ1) is 11.6. The number of esters is 1. The minimum absolute atomic E-state index is 0.109. The second-order valence-electron chi connectivity index (χ2n) is 6.02. The molecule has 1 amide bonds. The summed E-state index contributed by atoms with van der Waals surface area (Å²) in [6.07, 6.45) is 11.1. The third kappa shape index (κ3) is 5.37. The molecular weight excluding hydrogens is 302 g/mol. The number of ether oxygens (including phenoxy) is 1. The van der Waals surface area contributed by atoms with E-state index in [0.29, 0.717) is 0 Å². The summed E-state index contributed by atoms with van der Waals surface area (Å²) in [6.45, 7) is 3.52. The highest BCUT2D eigenvalue weighted by Crippen LogP contribution is 2.24. The van der Waals surface area contributed by atoms with Crippen molar-refractivity contribution in [2.75, 3.05) is 6.61 Å². The van der Waals surface area contributed by atoms with E-state index in [1.165, 1.54) is 30.0 Å². The van der Waals surface area contributed by atoms with Crippen molar-refractivity contribution >= 4 is 11.9 Å². The van der Waals surface area contributed by atoms with Crippen molar-refractivity contribution < 1.29 is 14.3 Å². The number of amides is 1. The van der Waals surface area contributed by atoms with Crippen LogP contribution in [0.4, 0.5) is 0 Å². The Hall–Kier alpha value is -2.36. The van der Waals surface area contributed by atoms with Crippen molar-refractivity contribution in [3.05, 3.63) is 59.2 Å². The average Bonchev–Trinajstić information content (AvgIpc) is 2.59. The molecule has 0 heterocycles. The number of nitrogens with one attached hydrogen (secondary N) is 1. The van der Waals surface area contributed by atoms with Gasteiger partial charge in [0.2, 0.25) is 0 Å². The van der Waals surface area contributed by atoms with Crippen LogP contribution in [0.5, 0.6) is 0 Å². The highest BCUT2D eigenvalue weighted by Gasteiger charge is 2.14. The highest BCUT2D eigenvalue weighted by molar-refractivity contribution is 5.86. The SMILES string of the molecule is C/C=C/C=C/C(=O)OCC(=O)NC(C)c1ccc2c(c1)CCCC2. The zero-order chi connectivity index (χ0) is 17.4. The molecule has 0 aliphatic heterocycles. The van der Waals surface area contributed by atoms with Crippen molar-refractivity contribution in [1.29, 1.82) is 0 Å². The van der Waals surface area contributed by atoms with Gasteiger partial charge in [-0.05, 0) is 56.2 Å². The van der Waals surface area contributed by atoms with E-state index in [4.69, 9.17) is 4.74 Å². The maximum Gasteiger partial charge on any atom is 0.331 e. The van der Waals surface area contributed by atoms with Crippen molar-refractivity contribution in [3.63, 3.8) is 0 Å². The van der Waals surface area contributed by atoms with Crippen LogP contribution in [-0.4, -0.2) is 18.5 Å². The van der Waals surface area contributed by atoms with Crippen LogP contribution in [0.1, 0.15) is 49.4 Å². The molecule has 1 N–H and O–H groups in total. The lowest BCUT2D eigenvalue weighted by atomic mass is 9.89. The minimum Gasteiger partial charge on any atom is -0.452 e. The third-order valence-electron chi connectivity index (χ3n) is 4.13. The summed E-state index contributed by atoms with van der Waals surface area (Å²) in [5.74, 6) is -0.822. The van der Waals surface area contributed by atoms with Crippen LogP contribution in [0.15, 0.2) is 42.5 Å². The second-order valence-corrected chi connectivity index (χ2v) is 6.02. The number of carbonyl (C=O) groups excluding carboxylic acids is 2. The molecule has 1 atom stereocenters. The van der Waals surface area contributed by atoms with Crippen molar-refractivity contribution in [2.45, 2.75) is 45.6 Å². The van der Waals surface area contributed by atoms with Gasteiger partial charge in [0.1, 0.15) is 0 Å². The van der Waals surface area contributed by atoms with Gasteiger partial charge in [0.05, 0.1) is 6.04 Å². The first kappa shape index (κ1) is 18.0. The maximum atomic E-state index is 11.9. The minimum atomic E-state index is -0.523. The zero-order valence-electron chi connectivity index (χ0n) is 14.4. The van der Waals surface area contributed by atoms with Gasteiger partial charge in [0, 0.05) is 6.08 Å². The Balaban J connectivity index is 1.84. The number of rotatable bonds is 6. The van der Waals surface area contributed by atoms with Crippen molar-refractivity contribution in [1.82, 2.24) is 5.32 Å². The van der Waals surface area contributed by atoms with E-state index in [0.717, 1.165) is 18.4 Å². The number of fused-ring (bicyclic) bond motifs is 1. The Morgan fingerprint density at radius 1 is 1.21 bits per heavy atom. The van der Waals surface area contributed by atoms with Gasteiger partial charge in [-0.3, -0.25) is 4.79 Å². The molecule has 2 rings (SSSR count). The van der Waals surface area contributed by atoms with Crippen molar-refractivity contribution in [3.8, 4) is 0 Å². The van der Waals surface area contributed by atoms with E-state index >= 15 is 0 Å². The largest absolute Gasteiger partial charge is 0.452 e.